The molecule has 0 atom stereocenters. The summed E-state index contributed by atoms with van der Waals surface area (Å²) in [7, 11) is -0.537. The topological polar surface area (TPSA) is 112 Å². The standard InChI is InChI=1S/C26H30N4O5S/c1-26(2)16-22(19-7-10-23(34-3)24(15-19)35-4)28-30(25(26)31)20-11-13-29(14-12-20)36(32,33)21-8-5-18(17-27)6-9-21/h5-10,15,20H,11-14,16H2,1-4H3. The summed E-state index contributed by atoms with van der Waals surface area (Å²) < 4.78 is 38.4. The largest absolute Gasteiger partial charge is 0.493 e. The second-order valence-corrected chi connectivity index (χ2v) is 11.5. The Bertz CT molecular complexity index is 1320. The Hall–Kier alpha value is -3.42. The average Bonchev–Trinajstić information content (AvgIpc) is 2.89. The van der Waals surface area contributed by atoms with E-state index in [9.17, 15) is 13.2 Å². The molecular formula is C26H30N4O5S. The summed E-state index contributed by atoms with van der Waals surface area (Å²) in [4.78, 5) is 13.5. The molecule has 4 rings (SSSR count). The lowest BCUT2D eigenvalue weighted by Crippen LogP contribution is -2.52. The van der Waals surface area contributed by atoms with Crippen molar-refractivity contribution in [1.29, 1.82) is 5.26 Å². The summed E-state index contributed by atoms with van der Waals surface area (Å²) in [5.74, 6) is 1.13. The zero-order valence-electron chi connectivity index (χ0n) is 20.9. The predicted molar refractivity (Wildman–Crippen MR) is 134 cm³/mol. The van der Waals surface area contributed by atoms with E-state index in [1.807, 2.05) is 38.1 Å². The van der Waals surface area contributed by atoms with E-state index < -0.39 is 15.4 Å². The van der Waals surface area contributed by atoms with Gasteiger partial charge in [0.15, 0.2) is 11.5 Å². The molecule has 0 unspecified atom stereocenters. The van der Waals surface area contributed by atoms with Gasteiger partial charge in [0.05, 0.1) is 47.9 Å². The summed E-state index contributed by atoms with van der Waals surface area (Å²) in [6.07, 6.45) is 1.42. The van der Waals surface area contributed by atoms with Gasteiger partial charge in [-0.05, 0) is 55.3 Å². The van der Waals surface area contributed by atoms with Gasteiger partial charge in [-0.2, -0.15) is 14.7 Å². The number of nitriles is 1. The van der Waals surface area contributed by atoms with Crippen LogP contribution in [-0.2, 0) is 14.8 Å². The molecule has 2 aromatic carbocycles. The molecule has 0 bridgehead atoms. The maximum atomic E-state index is 13.3. The number of hydrogen-bond donors (Lipinski definition) is 0. The fourth-order valence-electron chi connectivity index (χ4n) is 4.62. The highest BCUT2D eigenvalue weighted by molar-refractivity contribution is 7.89. The van der Waals surface area contributed by atoms with Crippen molar-refractivity contribution in [3.8, 4) is 17.6 Å². The van der Waals surface area contributed by atoms with Crippen LogP contribution in [0, 0.1) is 16.7 Å². The number of ether oxygens (including phenoxy) is 2. The van der Waals surface area contributed by atoms with E-state index in [1.54, 1.807) is 19.2 Å². The Kier molecular flexibility index (Phi) is 7.07. The van der Waals surface area contributed by atoms with E-state index in [4.69, 9.17) is 19.8 Å². The van der Waals surface area contributed by atoms with E-state index in [0.717, 1.165) is 11.3 Å². The van der Waals surface area contributed by atoms with Crippen LogP contribution in [0.5, 0.6) is 11.5 Å². The van der Waals surface area contributed by atoms with Crippen LogP contribution in [0.3, 0.4) is 0 Å². The Morgan fingerprint density at radius 2 is 1.67 bits per heavy atom. The fourth-order valence-corrected chi connectivity index (χ4v) is 6.09. The third-order valence-electron chi connectivity index (χ3n) is 6.73. The quantitative estimate of drug-likeness (QED) is 0.589. The van der Waals surface area contributed by atoms with Crippen molar-refractivity contribution >= 4 is 21.6 Å². The second kappa shape index (κ2) is 9.91. The van der Waals surface area contributed by atoms with Crippen LogP contribution in [0.25, 0.3) is 0 Å². The SMILES string of the molecule is COc1ccc(C2=NN(C3CCN(S(=O)(=O)c4ccc(C#N)cc4)CC3)C(=O)C(C)(C)C2)cc1OC. The van der Waals surface area contributed by atoms with Gasteiger partial charge in [0, 0.05) is 25.1 Å². The number of hydrazone groups is 1. The number of rotatable bonds is 6. The number of piperidine rings is 1. The highest BCUT2D eigenvalue weighted by Gasteiger charge is 2.42. The molecule has 1 amide bonds. The minimum absolute atomic E-state index is 0.0693. The van der Waals surface area contributed by atoms with Crippen LogP contribution < -0.4 is 9.47 Å². The first kappa shape index (κ1) is 25.7. The minimum atomic E-state index is -3.69. The maximum Gasteiger partial charge on any atom is 0.248 e. The molecule has 0 aromatic heterocycles. The van der Waals surface area contributed by atoms with Crippen LogP contribution in [0.15, 0.2) is 52.5 Å². The maximum absolute atomic E-state index is 13.3. The molecule has 0 aliphatic carbocycles. The van der Waals surface area contributed by atoms with Gasteiger partial charge >= 0.3 is 0 Å². The first-order chi connectivity index (χ1) is 17.1. The number of nitrogens with zero attached hydrogens (tertiary/aromatic N) is 4. The van der Waals surface area contributed by atoms with Crippen molar-refractivity contribution in [3.63, 3.8) is 0 Å². The molecule has 36 heavy (non-hydrogen) atoms. The monoisotopic (exact) mass is 510 g/mol. The molecule has 2 aromatic rings. The Morgan fingerprint density at radius 1 is 1.03 bits per heavy atom. The molecule has 1 saturated heterocycles. The van der Waals surface area contributed by atoms with Gasteiger partial charge < -0.3 is 9.47 Å². The van der Waals surface area contributed by atoms with Gasteiger partial charge in [-0.25, -0.2) is 13.4 Å². The number of benzene rings is 2. The lowest BCUT2D eigenvalue weighted by atomic mass is 9.82. The molecule has 0 spiro atoms. The van der Waals surface area contributed by atoms with Crippen LogP contribution >= 0.6 is 0 Å². The van der Waals surface area contributed by atoms with Crippen molar-refractivity contribution in [3.05, 3.63) is 53.6 Å². The molecule has 2 aliphatic rings. The Labute approximate surface area is 212 Å². The third-order valence-corrected chi connectivity index (χ3v) is 8.65. The lowest BCUT2D eigenvalue weighted by molar-refractivity contribution is -0.144. The summed E-state index contributed by atoms with van der Waals surface area (Å²) in [6, 6.07) is 13.3. The number of methoxy groups -OCH3 is 2. The minimum Gasteiger partial charge on any atom is -0.493 e. The van der Waals surface area contributed by atoms with E-state index in [-0.39, 0.29) is 29.9 Å². The van der Waals surface area contributed by atoms with Gasteiger partial charge in [-0.1, -0.05) is 13.8 Å². The summed E-state index contributed by atoms with van der Waals surface area (Å²) in [6.45, 7) is 4.36. The molecule has 10 heteroatoms. The number of amides is 1. The Balaban J connectivity index is 1.55. The fraction of sp³-hybridized carbons (Fsp3) is 0.423. The Morgan fingerprint density at radius 3 is 2.25 bits per heavy atom. The van der Waals surface area contributed by atoms with Crippen LogP contribution in [-0.4, -0.2) is 62.7 Å². The summed E-state index contributed by atoms with van der Waals surface area (Å²) in [5.41, 5.74) is 1.37. The van der Waals surface area contributed by atoms with Gasteiger partial charge in [-0.3, -0.25) is 4.79 Å². The van der Waals surface area contributed by atoms with E-state index in [1.165, 1.54) is 28.6 Å². The molecule has 190 valence electrons. The smallest absolute Gasteiger partial charge is 0.248 e. The average molecular weight is 511 g/mol. The summed E-state index contributed by atoms with van der Waals surface area (Å²) in [5, 5.41) is 15.3. The molecular weight excluding hydrogens is 480 g/mol. The van der Waals surface area contributed by atoms with Crippen molar-refractivity contribution in [2.45, 2.75) is 44.0 Å². The van der Waals surface area contributed by atoms with Crippen LogP contribution in [0.1, 0.15) is 44.2 Å². The van der Waals surface area contributed by atoms with Crippen molar-refractivity contribution in [2.24, 2.45) is 10.5 Å². The van der Waals surface area contributed by atoms with Gasteiger partial charge in [0.25, 0.3) is 0 Å². The highest BCUT2D eigenvalue weighted by atomic mass is 32.2. The molecule has 2 heterocycles. The highest BCUT2D eigenvalue weighted by Crippen LogP contribution is 2.36. The van der Waals surface area contributed by atoms with Crippen LogP contribution in [0.2, 0.25) is 0 Å². The third kappa shape index (κ3) is 4.81. The molecule has 0 radical (unpaired) electrons. The van der Waals surface area contributed by atoms with Gasteiger partial charge in [0.2, 0.25) is 15.9 Å². The molecule has 0 saturated carbocycles. The summed E-state index contributed by atoms with van der Waals surface area (Å²) >= 11 is 0. The predicted octanol–water partition coefficient (Wildman–Crippen LogP) is 3.39. The van der Waals surface area contributed by atoms with E-state index >= 15 is 0 Å². The zero-order chi connectivity index (χ0) is 26.1. The molecule has 1 fully saturated rings. The first-order valence-corrected chi connectivity index (χ1v) is 13.2. The first-order valence-electron chi connectivity index (χ1n) is 11.7. The van der Waals surface area contributed by atoms with E-state index in [2.05, 4.69) is 0 Å². The molecule has 0 N–H and O–H groups in total. The van der Waals surface area contributed by atoms with Crippen molar-refractivity contribution in [1.82, 2.24) is 9.31 Å². The van der Waals surface area contributed by atoms with E-state index in [0.29, 0.717) is 36.3 Å². The van der Waals surface area contributed by atoms with Gasteiger partial charge in [0.1, 0.15) is 0 Å². The lowest BCUT2D eigenvalue weighted by Gasteiger charge is -2.41. The zero-order valence-corrected chi connectivity index (χ0v) is 21.7. The number of carbonyl (C=O) groups excluding carboxylic acids is 1. The normalized spacial score (nSPS) is 18.9. The van der Waals surface area contributed by atoms with Gasteiger partial charge in [-0.15, -0.1) is 0 Å². The van der Waals surface area contributed by atoms with Crippen molar-refractivity contribution in [2.75, 3.05) is 27.3 Å². The molecule has 2 aliphatic heterocycles. The van der Waals surface area contributed by atoms with Crippen molar-refractivity contribution < 1.29 is 22.7 Å². The number of carbonyl (C=O) groups is 1. The number of hydrogen-bond acceptors (Lipinski definition) is 7. The number of sulfonamides is 1. The second-order valence-electron chi connectivity index (χ2n) is 9.60. The molecule has 9 nitrogen and oxygen atoms in total. The van der Waals surface area contributed by atoms with Crippen LogP contribution in [0.4, 0.5) is 0 Å².